The molecular weight excluding hydrogens is 272 g/mol. The summed E-state index contributed by atoms with van der Waals surface area (Å²) >= 11 is 0. The highest BCUT2D eigenvalue weighted by Crippen LogP contribution is 2.18. The molecule has 1 aromatic heterocycles. The Morgan fingerprint density at radius 3 is 3.05 bits per heavy atom. The van der Waals surface area contributed by atoms with Crippen molar-refractivity contribution in [2.45, 2.75) is 37.8 Å². The molecule has 2 aliphatic rings. The molecule has 0 aromatic carbocycles. The third kappa shape index (κ3) is 3.29. The van der Waals surface area contributed by atoms with E-state index in [0.717, 1.165) is 12.8 Å². The van der Waals surface area contributed by atoms with E-state index in [1.165, 1.54) is 0 Å². The highest BCUT2D eigenvalue weighted by Gasteiger charge is 2.33. The number of aromatic nitrogens is 2. The molecule has 21 heavy (non-hydrogen) atoms. The Morgan fingerprint density at radius 2 is 2.33 bits per heavy atom. The third-order valence-corrected chi connectivity index (χ3v) is 3.82. The average Bonchev–Trinajstić information content (AvgIpc) is 2.94. The zero-order chi connectivity index (χ0) is 14.7. The fraction of sp³-hybridized carbons (Fsp3) is 0.571. The van der Waals surface area contributed by atoms with Crippen molar-refractivity contribution in [2.75, 3.05) is 13.1 Å². The molecule has 3 rings (SSSR count). The van der Waals surface area contributed by atoms with E-state index < -0.39 is 0 Å². The maximum Gasteiger partial charge on any atom is 0.245 e. The lowest BCUT2D eigenvalue weighted by Gasteiger charge is -2.33. The van der Waals surface area contributed by atoms with Gasteiger partial charge in [-0.2, -0.15) is 5.10 Å². The van der Waals surface area contributed by atoms with E-state index in [2.05, 4.69) is 15.5 Å². The SMILES string of the molecule is O=C1CC[C@H](C(=O)N2CCC[C@@H](Oc3cccnn3)C2)N1. The summed E-state index contributed by atoms with van der Waals surface area (Å²) in [7, 11) is 0. The van der Waals surface area contributed by atoms with Crippen LogP contribution in [0.1, 0.15) is 25.7 Å². The molecule has 2 fully saturated rings. The van der Waals surface area contributed by atoms with E-state index in [0.29, 0.717) is 31.8 Å². The first-order valence-electron chi connectivity index (χ1n) is 7.25. The van der Waals surface area contributed by atoms with Crippen molar-refractivity contribution < 1.29 is 14.3 Å². The summed E-state index contributed by atoms with van der Waals surface area (Å²) in [6.07, 6.45) is 4.31. The number of rotatable bonds is 3. The smallest absolute Gasteiger partial charge is 0.245 e. The van der Waals surface area contributed by atoms with Gasteiger partial charge in [-0.15, -0.1) is 5.10 Å². The molecule has 0 bridgehead atoms. The molecule has 7 heteroatoms. The van der Waals surface area contributed by atoms with Gasteiger partial charge < -0.3 is 15.0 Å². The highest BCUT2D eigenvalue weighted by atomic mass is 16.5. The molecule has 7 nitrogen and oxygen atoms in total. The fourth-order valence-electron chi connectivity index (χ4n) is 2.78. The van der Waals surface area contributed by atoms with Gasteiger partial charge in [-0.1, -0.05) is 0 Å². The molecule has 2 saturated heterocycles. The maximum absolute atomic E-state index is 12.4. The summed E-state index contributed by atoms with van der Waals surface area (Å²) in [5, 5.41) is 10.4. The molecule has 0 radical (unpaired) electrons. The van der Waals surface area contributed by atoms with Crippen LogP contribution in [0.15, 0.2) is 18.3 Å². The van der Waals surface area contributed by atoms with Crippen molar-refractivity contribution in [3.8, 4) is 5.88 Å². The number of likely N-dealkylation sites (tertiary alicyclic amines) is 1. The zero-order valence-electron chi connectivity index (χ0n) is 11.7. The first kappa shape index (κ1) is 13.8. The van der Waals surface area contributed by atoms with Gasteiger partial charge in [-0.25, -0.2) is 0 Å². The van der Waals surface area contributed by atoms with Gasteiger partial charge in [0.15, 0.2) is 0 Å². The van der Waals surface area contributed by atoms with Crippen molar-refractivity contribution in [1.29, 1.82) is 0 Å². The Balaban J connectivity index is 1.58. The third-order valence-electron chi connectivity index (χ3n) is 3.82. The van der Waals surface area contributed by atoms with Crippen LogP contribution >= 0.6 is 0 Å². The number of nitrogens with one attached hydrogen (secondary N) is 1. The number of carbonyl (C=O) groups excluding carboxylic acids is 2. The van der Waals surface area contributed by atoms with E-state index >= 15 is 0 Å². The number of amides is 2. The van der Waals surface area contributed by atoms with Crippen LogP contribution < -0.4 is 10.1 Å². The van der Waals surface area contributed by atoms with E-state index in [4.69, 9.17) is 4.74 Å². The summed E-state index contributed by atoms with van der Waals surface area (Å²) in [6.45, 7) is 1.24. The standard InChI is InChI=1S/C14H18N4O3/c19-12-6-5-11(16-12)14(20)18-8-2-3-10(9-18)21-13-4-1-7-15-17-13/h1,4,7,10-11H,2-3,5-6,8-9H2,(H,16,19)/t10-,11-/m1/s1. The lowest BCUT2D eigenvalue weighted by atomic mass is 10.1. The second-order valence-corrected chi connectivity index (χ2v) is 5.39. The van der Waals surface area contributed by atoms with Crippen molar-refractivity contribution >= 4 is 11.8 Å². The number of hydrogen-bond donors (Lipinski definition) is 1. The summed E-state index contributed by atoms with van der Waals surface area (Å²) < 4.78 is 5.76. The van der Waals surface area contributed by atoms with Gasteiger partial charge in [0.1, 0.15) is 12.1 Å². The summed E-state index contributed by atoms with van der Waals surface area (Å²) in [5.74, 6) is 0.428. The van der Waals surface area contributed by atoms with Crippen LogP contribution in [0.4, 0.5) is 0 Å². The van der Waals surface area contributed by atoms with Crippen molar-refractivity contribution in [1.82, 2.24) is 20.4 Å². The van der Waals surface area contributed by atoms with Gasteiger partial charge in [-0.05, 0) is 25.3 Å². The van der Waals surface area contributed by atoms with Crippen LogP contribution in [0.25, 0.3) is 0 Å². The van der Waals surface area contributed by atoms with Crippen LogP contribution in [-0.2, 0) is 9.59 Å². The van der Waals surface area contributed by atoms with Gasteiger partial charge in [0.25, 0.3) is 0 Å². The van der Waals surface area contributed by atoms with E-state index in [9.17, 15) is 9.59 Å². The van der Waals surface area contributed by atoms with E-state index in [1.54, 1.807) is 23.2 Å². The van der Waals surface area contributed by atoms with Crippen molar-refractivity contribution in [3.05, 3.63) is 18.3 Å². The van der Waals surface area contributed by atoms with Crippen LogP contribution in [-0.4, -0.2) is 52.1 Å². The lowest BCUT2D eigenvalue weighted by molar-refractivity contribution is -0.136. The minimum absolute atomic E-state index is 0.00621. The first-order chi connectivity index (χ1) is 10.2. The zero-order valence-corrected chi connectivity index (χ0v) is 11.7. The first-order valence-corrected chi connectivity index (χ1v) is 7.25. The second kappa shape index (κ2) is 6.07. The Morgan fingerprint density at radius 1 is 1.43 bits per heavy atom. The quantitative estimate of drug-likeness (QED) is 0.855. The van der Waals surface area contributed by atoms with Gasteiger partial charge in [0.2, 0.25) is 17.7 Å². The molecule has 2 amide bonds. The monoisotopic (exact) mass is 290 g/mol. The normalized spacial score (nSPS) is 25.5. The van der Waals surface area contributed by atoms with Gasteiger partial charge in [-0.3, -0.25) is 9.59 Å². The summed E-state index contributed by atoms with van der Waals surface area (Å²) in [6, 6.07) is 3.15. The minimum atomic E-state index is -0.368. The van der Waals surface area contributed by atoms with E-state index in [1.807, 2.05) is 0 Å². The molecule has 0 spiro atoms. The van der Waals surface area contributed by atoms with Crippen molar-refractivity contribution in [2.24, 2.45) is 0 Å². The van der Waals surface area contributed by atoms with Crippen LogP contribution in [0, 0.1) is 0 Å². The van der Waals surface area contributed by atoms with Gasteiger partial charge in [0, 0.05) is 25.2 Å². The van der Waals surface area contributed by atoms with Gasteiger partial charge in [0.05, 0.1) is 6.54 Å². The van der Waals surface area contributed by atoms with E-state index in [-0.39, 0.29) is 24.0 Å². The largest absolute Gasteiger partial charge is 0.471 e. The predicted molar refractivity (Wildman–Crippen MR) is 73.4 cm³/mol. The number of piperidine rings is 1. The number of hydrogen-bond acceptors (Lipinski definition) is 5. The predicted octanol–water partition coefficient (Wildman–Crippen LogP) is 0.125. The molecule has 1 N–H and O–H groups in total. The molecule has 2 atom stereocenters. The van der Waals surface area contributed by atoms with Crippen LogP contribution in [0.5, 0.6) is 5.88 Å². The molecule has 3 heterocycles. The number of carbonyl (C=O) groups is 2. The second-order valence-electron chi connectivity index (χ2n) is 5.39. The van der Waals surface area contributed by atoms with Crippen LogP contribution in [0.3, 0.4) is 0 Å². The Bertz CT molecular complexity index is 522. The molecule has 0 unspecified atom stereocenters. The molecule has 0 aliphatic carbocycles. The lowest BCUT2D eigenvalue weighted by Crippen LogP contribution is -2.50. The highest BCUT2D eigenvalue weighted by molar-refractivity contribution is 5.90. The average molecular weight is 290 g/mol. The maximum atomic E-state index is 12.4. The number of ether oxygens (including phenoxy) is 1. The molecule has 1 aromatic rings. The molecular formula is C14H18N4O3. The molecule has 2 aliphatic heterocycles. The molecule has 0 saturated carbocycles. The summed E-state index contributed by atoms with van der Waals surface area (Å²) in [5.41, 5.74) is 0. The van der Waals surface area contributed by atoms with Gasteiger partial charge >= 0.3 is 0 Å². The fourth-order valence-corrected chi connectivity index (χ4v) is 2.78. The topological polar surface area (TPSA) is 84.4 Å². The van der Waals surface area contributed by atoms with Crippen molar-refractivity contribution in [3.63, 3.8) is 0 Å². The Hall–Kier alpha value is -2.18. The molecule has 112 valence electrons. The summed E-state index contributed by atoms with van der Waals surface area (Å²) in [4.78, 5) is 25.4. The number of nitrogens with zero attached hydrogens (tertiary/aromatic N) is 3. The van der Waals surface area contributed by atoms with Crippen LogP contribution in [0.2, 0.25) is 0 Å². The minimum Gasteiger partial charge on any atom is -0.471 e. The Kier molecular flexibility index (Phi) is 3.98. The Labute approximate surface area is 122 Å².